The van der Waals surface area contributed by atoms with E-state index in [1.54, 1.807) is 30.2 Å². The van der Waals surface area contributed by atoms with Crippen molar-refractivity contribution in [2.24, 2.45) is 5.41 Å². The monoisotopic (exact) mass is 530 g/mol. The van der Waals surface area contributed by atoms with Gasteiger partial charge >= 0.3 is 5.97 Å². The number of rotatable bonds is 7. The molecule has 4 aromatic rings. The van der Waals surface area contributed by atoms with Crippen LogP contribution in [0.15, 0.2) is 42.6 Å². The molecule has 0 bridgehead atoms. The summed E-state index contributed by atoms with van der Waals surface area (Å²) in [6.45, 7) is 6.75. The highest BCUT2D eigenvalue weighted by molar-refractivity contribution is 6.06. The number of nitrogens with one attached hydrogen (secondary N) is 1. The Morgan fingerprint density at radius 3 is 2.69 bits per heavy atom. The average molecular weight is 531 g/mol. The lowest BCUT2D eigenvalue weighted by Crippen LogP contribution is -2.49. The van der Waals surface area contributed by atoms with E-state index in [0.717, 1.165) is 38.5 Å². The summed E-state index contributed by atoms with van der Waals surface area (Å²) < 4.78 is 25.3. The number of aromatic nitrogens is 3. The van der Waals surface area contributed by atoms with E-state index < -0.39 is 5.41 Å². The van der Waals surface area contributed by atoms with Gasteiger partial charge < -0.3 is 14.4 Å². The quantitative estimate of drug-likeness (QED) is 0.323. The fourth-order valence-corrected chi connectivity index (χ4v) is 6.00. The number of carbonyl (C=O) groups excluding carboxylic acids is 2. The molecule has 1 N–H and O–H groups in total. The Kier molecular flexibility index (Phi) is 6.24. The van der Waals surface area contributed by atoms with E-state index in [0.29, 0.717) is 38.3 Å². The molecular formula is C30H31FN4O4. The normalized spacial score (nSPS) is 20.8. The molecule has 8 nitrogen and oxygen atoms in total. The zero-order valence-corrected chi connectivity index (χ0v) is 22.3. The van der Waals surface area contributed by atoms with E-state index in [2.05, 4.69) is 30.1 Å². The maximum Gasteiger partial charge on any atom is 0.325 e. The first-order chi connectivity index (χ1) is 18.8. The van der Waals surface area contributed by atoms with Gasteiger partial charge in [0.2, 0.25) is 11.8 Å². The zero-order valence-electron chi connectivity index (χ0n) is 22.3. The van der Waals surface area contributed by atoms with Crippen LogP contribution in [0.25, 0.3) is 32.8 Å². The molecule has 9 heteroatoms. The van der Waals surface area contributed by atoms with Crippen molar-refractivity contribution in [1.82, 2.24) is 20.1 Å². The Hall–Kier alpha value is -4.01. The minimum Gasteiger partial charge on any atom is -0.474 e. The van der Waals surface area contributed by atoms with Crippen LogP contribution in [0, 0.1) is 11.2 Å². The van der Waals surface area contributed by atoms with Gasteiger partial charge in [0.05, 0.1) is 29.4 Å². The van der Waals surface area contributed by atoms with Gasteiger partial charge in [0.15, 0.2) is 0 Å². The van der Waals surface area contributed by atoms with E-state index in [4.69, 9.17) is 14.5 Å². The van der Waals surface area contributed by atoms with Crippen LogP contribution < -0.4 is 4.74 Å². The number of hydrogen-bond acceptors (Lipinski definition) is 6. The molecule has 1 aliphatic carbocycles. The molecule has 202 valence electrons. The predicted molar refractivity (Wildman–Crippen MR) is 145 cm³/mol. The molecule has 39 heavy (non-hydrogen) atoms. The third-order valence-electron chi connectivity index (χ3n) is 7.98. The van der Waals surface area contributed by atoms with Crippen molar-refractivity contribution in [3.63, 3.8) is 0 Å². The molecule has 2 aromatic carbocycles. The predicted octanol–water partition coefficient (Wildman–Crippen LogP) is 5.36. The number of pyridine rings is 1. The second-order valence-corrected chi connectivity index (χ2v) is 10.9. The van der Waals surface area contributed by atoms with Crippen LogP contribution in [-0.2, 0) is 14.3 Å². The molecule has 1 saturated heterocycles. The second kappa shape index (κ2) is 9.63. The SMILES string of the molecule is CCOC(=O)CN1CCC2(CC(Oc3nc(C(C)C)c(-c4ccc(F)cc4)c4cc5cn[nH]c5cc34)C2)C1=O. The smallest absolute Gasteiger partial charge is 0.325 e. The molecule has 2 aromatic heterocycles. The third-order valence-corrected chi connectivity index (χ3v) is 7.98. The minimum absolute atomic E-state index is 0.00177. The van der Waals surface area contributed by atoms with Crippen molar-refractivity contribution >= 4 is 33.6 Å². The number of aromatic amines is 1. The summed E-state index contributed by atoms with van der Waals surface area (Å²) in [7, 11) is 0. The number of esters is 1. The standard InChI is InChI=1S/C30H31FN4O4/c1-4-38-25(36)16-35-10-9-30(29(35)37)13-21(14-30)39-28-23-12-24-19(15-32-34-24)11-22(23)26(27(33-28)17(2)3)18-5-7-20(31)8-6-18/h5-8,11-12,15,17,21H,4,9-10,13-14,16H2,1-3H3,(H,32,34). The molecule has 0 atom stereocenters. The summed E-state index contributed by atoms with van der Waals surface area (Å²) in [5, 5.41) is 9.97. The van der Waals surface area contributed by atoms with E-state index in [1.807, 2.05) is 6.07 Å². The van der Waals surface area contributed by atoms with Crippen LogP contribution in [0.2, 0.25) is 0 Å². The first-order valence-corrected chi connectivity index (χ1v) is 13.5. The molecule has 1 spiro atoms. The number of ether oxygens (including phenoxy) is 2. The molecular weight excluding hydrogens is 499 g/mol. The first-order valence-electron chi connectivity index (χ1n) is 13.5. The number of amides is 1. The lowest BCUT2D eigenvalue weighted by molar-refractivity contribution is -0.153. The highest BCUT2D eigenvalue weighted by atomic mass is 19.1. The van der Waals surface area contributed by atoms with Crippen LogP contribution in [0.5, 0.6) is 5.88 Å². The second-order valence-electron chi connectivity index (χ2n) is 10.9. The van der Waals surface area contributed by atoms with Gasteiger partial charge in [-0.2, -0.15) is 5.10 Å². The zero-order chi connectivity index (χ0) is 27.3. The van der Waals surface area contributed by atoms with Gasteiger partial charge in [-0.05, 0) is 67.3 Å². The van der Waals surface area contributed by atoms with Crippen LogP contribution in [0.1, 0.15) is 51.6 Å². The van der Waals surface area contributed by atoms with Gasteiger partial charge in [0.25, 0.3) is 0 Å². The molecule has 1 saturated carbocycles. The van der Waals surface area contributed by atoms with Gasteiger partial charge in [0.1, 0.15) is 18.5 Å². The molecule has 6 rings (SSSR count). The molecule has 3 heterocycles. The average Bonchev–Trinajstić information content (AvgIpc) is 3.47. The Labute approximate surface area is 225 Å². The summed E-state index contributed by atoms with van der Waals surface area (Å²) in [5.41, 5.74) is 3.06. The number of fused-ring (bicyclic) bond motifs is 2. The topological polar surface area (TPSA) is 97.4 Å². The van der Waals surface area contributed by atoms with Crippen molar-refractivity contribution in [2.75, 3.05) is 19.7 Å². The number of H-pyrrole nitrogens is 1. The van der Waals surface area contributed by atoms with Crippen LogP contribution in [0.4, 0.5) is 4.39 Å². The van der Waals surface area contributed by atoms with Crippen LogP contribution in [-0.4, -0.2) is 57.8 Å². The highest BCUT2D eigenvalue weighted by Gasteiger charge is 2.56. The number of halogens is 1. The number of nitrogens with zero attached hydrogens (tertiary/aromatic N) is 3. The van der Waals surface area contributed by atoms with E-state index in [9.17, 15) is 14.0 Å². The van der Waals surface area contributed by atoms with Crippen molar-refractivity contribution in [2.45, 2.75) is 52.1 Å². The Morgan fingerprint density at radius 1 is 1.21 bits per heavy atom. The summed E-state index contributed by atoms with van der Waals surface area (Å²) >= 11 is 0. The molecule has 2 fully saturated rings. The summed E-state index contributed by atoms with van der Waals surface area (Å²) in [4.78, 5) is 31.7. The van der Waals surface area contributed by atoms with Crippen molar-refractivity contribution < 1.29 is 23.5 Å². The van der Waals surface area contributed by atoms with Crippen molar-refractivity contribution in [3.05, 3.63) is 54.1 Å². The van der Waals surface area contributed by atoms with Crippen molar-refractivity contribution in [1.29, 1.82) is 0 Å². The van der Waals surface area contributed by atoms with Gasteiger partial charge in [-0.15, -0.1) is 0 Å². The minimum atomic E-state index is -0.488. The summed E-state index contributed by atoms with van der Waals surface area (Å²) in [6.07, 6.45) is 3.48. The van der Waals surface area contributed by atoms with E-state index >= 15 is 0 Å². The van der Waals surface area contributed by atoms with Crippen LogP contribution >= 0.6 is 0 Å². The van der Waals surface area contributed by atoms with Gasteiger partial charge in [-0.3, -0.25) is 14.7 Å². The Morgan fingerprint density at radius 2 is 1.97 bits per heavy atom. The lowest BCUT2D eigenvalue weighted by atomic mass is 9.65. The fraction of sp³-hybridized carbons (Fsp3) is 0.400. The number of likely N-dealkylation sites (tertiary alicyclic amines) is 1. The summed E-state index contributed by atoms with van der Waals surface area (Å²) in [5.74, 6) is -0.0668. The third kappa shape index (κ3) is 4.39. The Bertz CT molecular complexity index is 1570. The molecule has 1 aliphatic heterocycles. The summed E-state index contributed by atoms with van der Waals surface area (Å²) in [6, 6.07) is 10.5. The van der Waals surface area contributed by atoms with Gasteiger partial charge in [0, 0.05) is 22.9 Å². The Balaban J connectivity index is 1.33. The molecule has 2 aliphatic rings. The molecule has 1 amide bonds. The largest absolute Gasteiger partial charge is 0.474 e. The van der Waals surface area contributed by atoms with E-state index in [-0.39, 0.29) is 36.3 Å². The first kappa shape index (κ1) is 25.3. The number of hydrogen-bond donors (Lipinski definition) is 1. The van der Waals surface area contributed by atoms with Gasteiger partial charge in [-0.25, -0.2) is 9.37 Å². The highest BCUT2D eigenvalue weighted by Crippen LogP contribution is 2.51. The number of carbonyl (C=O) groups is 2. The van der Waals surface area contributed by atoms with E-state index in [1.165, 1.54) is 12.1 Å². The van der Waals surface area contributed by atoms with Crippen LogP contribution in [0.3, 0.4) is 0 Å². The lowest BCUT2D eigenvalue weighted by Gasteiger charge is -2.43. The molecule has 0 unspecified atom stereocenters. The maximum absolute atomic E-state index is 13.8. The maximum atomic E-state index is 13.8. The molecule has 0 radical (unpaired) electrons. The van der Waals surface area contributed by atoms with Crippen molar-refractivity contribution in [3.8, 4) is 17.0 Å². The fourth-order valence-electron chi connectivity index (χ4n) is 6.00. The van der Waals surface area contributed by atoms with Gasteiger partial charge in [-0.1, -0.05) is 26.0 Å². The number of benzene rings is 2.